The van der Waals surface area contributed by atoms with Crippen LogP contribution in [0.5, 0.6) is 0 Å². The van der Waals surface area contributed by atoms with E-state index in [2.05, 4.69) is 42.2 Å². The highest BCUT2D eigenvalue weighted by Crippen LogP contribution is 2.21. The van der Waals surface area contributed by atoms with Crippen LogP contribution in [0.25, 0.3) is 0 Å². The molecule has 2 rings (SSSR count). The van der Waals surface area contributed by atoms with E-state index in [-0.39, 0.29) is 0 Å². The lowest BCUT2D eigenvalue weighted by atomic mass is 10.1. The molecule has 0 radical (unpaired) electrons. The molecule has 0 spiro atoms. The van der Waals surface area contributed by atoms with Gasteiger partial charge in [0.1, 0.15) is 5.82 Å². The standard InChI is InChI=1S/C15H25N3O/c1-12(2)9-16-10-13-5-4-7-17-15(13)18(3)14-6-8-19-11-14/h4-5,7,12,14,16H,6,8-11H2,1-3H3. The molecule has 1 aliphatic heterocycles. The van der Waals surface area contributed by atoms with Crippen molar-refractivity contribution in [2.75, 3.05) is 31.7 Å². The van der Waals surface area contributed by atoms with Gasteiger partial charge in [-0.15, -0.1) is 0 Å². The van der Waals surface area contributed by atoms with Gasteiger partial charge < -0.3 is 15.0 Å². The Morgan fingerprint density at radius 3 is 3.05 bits per heavy atom. The summed E-state index contributed by atoms with van der Waals surface area (Å²) in [5.74, 6) is 1.75. The monoisotopic (exact) mass is 263 g/mol. The van der Waals surface area contributed by atoms with E-state index >= 15 is 0 Å². The van der Waals surface area contributed by atoms with Crippen LogP contribution in [0.4, 0.5) is 5.82 Å². The molecule has 19 heavy (non-hydrogen) atoms. The Labute approximate surface area is 116 Å². The lowest BCUT2D eigenvalue weighted by Crippen LogP contribution is -2.33. The van der Waals surface area contributed by atoms with Crippen molar-refractivity contribution >= 4 is 5.82 Å². The average molecular weight is 263 g/mol. The van der Waals surface area contributed by atoms with Crippen LogP contribution in [0.1, 0.15) is 25.8 Å². The lowest BCUT2D eigenvalue weighted by molar-refractivity contribution is 0.193. The fraction of sp³-hybridized carbons (Fsp3) is 0.667. The van der Waals surface area contributed by atoms with E-state index < -0.39 is 0 Å². The Morgan fingerprint density at radius 2 is 2.37 bits per heavy atom. The molecule has 1 unspecified atom stereocenters. The summed E-state index contributed by atoms with van der Waals surface area (Å²) in [6.07, 6.45) is 2.96. The Balaban J connectivity index is 2.02. The number of nitrogens with one attached hydrogen (secondary N) is 1. The molecule has 0 aromatic carbocycles. The summed E-state index contributed by atoms with van der Waals surface area (Å²) in [5, 5.41) is 3.49. The summed E-state index contributed by atoms with van der Waals surface area (Å²) in [6, 6.07) is 4.62. The lowest BCUT2D eigenvalue weighted by Gasteiger charge is -2.26. The van der Waals surface area contributed by atoms with E-state index in [1.807, 2.05) is 12.3 Å². The van der Waals surface area contributed by atoms with Gasteiger partial charge in [-0.25, -0.2) is 4.98 Å². The van der Waals surface area contributed by atoms with Crippen LogP contribution in [0.3, 0.4) is 0 Å². The van der Waals surface area contributed by atoms with Crippen molar-refractivity contribution in [2.24, 2.45) is 5.92 Å². The first-order valence-corrected chi connectivity index (χ1v) is 7.13. The molecular weight excluding hydrogens is 238 g/mol. The maximum absolute atomic E-state index is 5.47. The number of hydrogen-bond acceptors (Lipinski definition) is 4. The van der Waals surface area contributed by atoms with Crippen molar-refractivity contribution in [1.29, 1.82) is 0 Å². The van der Waals surface area contributed by atoms with Gasteiger partial charge in [0.15, 0.2) is 0 Å². The van der Waals surface area contributed by atoms with Crippen molar-refractivity contribution in [3.05, 3.63) is 23.9 Å². The molecule has 1 fully saturated rings. The molecule has 4 nitrogen and oxygen atoms in total. The van der Waals surface area contributed by atoms with E-state index in [1.54, 1.807) is 0 Å². The van der Waals surface area contributed by atoms with Crippen molar-refractivity contribution in [1.82, 2.24) is 10.3 Å². The topological polar surface area (TPSA) is 37.4 Å². The molecule has 4 heteroatoms. The van der Waals surface area contributed by atoms with Gasteiger partial charge in [-0.1, -0.05) is 19.9 Å². The van der Waals surface area contributed by atoms with Crippen LogP contribution in [-0.4, -0.2) is 37.8 Å². The highest BCUT2D eigenvalue weighted by Gasteiger charge is 2.22. The van der Waals surface area contributed by atoms with Crippen LogP contribution in [0, 0.1) is 5.92 Å². The highest BCUT2D eigenvalue weighted by molar-refractivity contribution is 5.47. The largest absolute Gasteiger partial charge is 0.379 e. The van der Waals surface area contributed by atoms with Crippen LogP contribution < -0.4 is 10.2 Å². The predicted molar refractivity (Wildman–Crippen MR) is 78.4 cm³/mol. The van der Waals surface area contributed by atoms with Crippen molar-refractivity contribution in [2.45, 2.75) is 32.9 Å². The van der Waals surface area contributed by atoms with E-state index in [9.17, 15) is 0 Å². The summed E-state index contributed by atoms with van der Waals surface area (Å²) in [5.41, 5.74) is 1.26. The van der Waals surface area contributed by atoms with E-state index in [4.69, 9.17) is 4.74 Å². The third-order valence-electron chi connectivity index (χ3n) is 3.52. The zero-order valence-corrected chi connectivity index (χ0v) is 12.2. The summed E-state index contributed by atoms with van der Waals surface area (Å²) >= 11 is 0. The predicted octanol–water partition coefficient (Wildman–Crippen LogP) is 2.05. The molecule has 0 saturated carbocycles. The zero-order valence-electron chi connectivity index (χ0n) is 12.2. The molecule has 0 amide bonds. The van der Waals surface area contributed by atoms with E-state index in [0.717, 1.165) is 38.5 Å². The SMILES string of the molecule is CC(C)CNCc1cccnc1N(C)C1CCOC1. The Hall–Kier alpha value is -1.13. The van der Waals surface area contributed by atoms with Crippen LogP contribution >= 0.6 is 0 Å². The molecule has 1 saturated heterocycles. The summed E-state index contributed by atoms with van der Waals surface area (Å²) in [7, 11) is 2.12. The molecule has 1 N–H and O–H groups in total. The minimum atomic E-state index is 0.457. The first-order chi connectivity index (χ1) is 9.18. The molecule has 0 aliphatic carbocycles. The molecule has 2 heterocycles. The van der Waals surface area contributed by atoms with Gasteiger partial charge in [0.05, 0.1) is 12.6 Å². The number of nitrogens with zero attached hydrogens (tertiary/aromatic N) is 2. The molecule has 1 aromatic heterocycles. The Bertz CT molecular complexity index is 389. The van der Waals surface area contributed by atoms with Crippen LogP contribution in [0.2, 0.25) is 0 Å². The fourth-order valence-corrected chi connectivity index (χ4v) is 2.38. The molecule has 1 atom stereocenters. The normalized spacial score (nSPS) is 19.1. The van der Waals surface area contributed by atoms with Crippen molar-refractivity contribution < 1.29 is 4.74 Å². The fourth-order valence-electron chi connectivity index (χ4n) is 2.38. The summed E-state index contributed by atoms with van der Waals surface area (Å²) < 4.78 is 5.47. The second-order valence-electron chi connectivity index (χ2n) is 5.64. The summed E-state index contributed by atoms with van der Waals surface area (Å²) in [6.45, 7) is 8.02. The van der Waals surface area contributed by atoms with Gasteiger partial charge >= 0.3 is 0 Å². The minimum absolute atomic E-state index is 0.457. The third-order valence-corrected chi connectivity index (χ3v) is 3.52. The molecule has 106 valence electrons. The van der Waals surface area contributed by atoms with Gasteiger partial charge in [0.25, 0.3) is 0 Å². The molecule has 1 aromatic rings. The van der Waals surface area contributed by atoms with E-state index in [1.165, 1.54) is 5.56 Å². The maximum Gasteiger partial charge on any atom is 0.133 e. The van der Waals surface area contributed by atoms with Crippen molar-refractivity contribution in [3.63, 3.8) is 0 Å². The number of hydrogen-bond donors (Lipinski definition) is 1. The second-order valence-corrected chi connectivity index (χ2v) is 5.64. The van der Waals surface area contributed by atoms with Gasteiger partial charge in [-0.2, -0.15) is 0 Å². The summed E-state index contributed by atoms with van der Waals surface area (Å²) in [4.78, 5) is 6.81. The van der Waals surface area contributed by atoms with Gasteiger partial charge in [0.2, 0.25) is 0 Å². The number of pyridine rings is 1. The quantitative estimate of drug-likeness (QED) is 0.852. The molecule has 1 aliphatic rings. The van der Waals surface area contributed by atoms with E-state index in [0.29, 0.717) is 12.0 Å². The minimum Gasteiger partial charge on any atom is -0.379 e. The number of ether oxygens (including phenoxy) is 1. The second kappa shape index (κ2) is 6.87. The highest BCUT2D eigenvalue weighted by atomic mass is 16.5. The average Bonchev–Trinajstić information content (AvgIpc) is 2.92. The third kappa shape index (κ3) is 3.91. The Kier molecular flexibility index (Phi) is 5.16. The number of likely N-dealkylation sites (N-methyl/N-ethyl adjacent to an activating group) is 1. The zero-order chi connectivity index (χ0) is 13.7. The first kappa shape index (κ1) is 14.3. The molecule has 0 bridgehead atoms. The van der Waals surface area contributed by atoms with Gasteiger partial charge in [0, 0.05) is 32.0 Å². The smallest absolute Gasteiger partial charge is 0.133 e. The van der Waals surface area contributed by atoms with Gasteiger partial charge in [-0.05, 0) is 24.9 Å². The number of aromatic nitrogens is 1. The first-order valence-electron chi connectivity index (χ1n) is 7.13. The molecular formula is C15H25N3O. The Morgan fingerprint density at radius 1 is 1.53 bits per heavy atom. The van der Waals surface area contributed by atoms with Crippen molar-refractivity contribution in [3.8, 4) is 0 Å². The number of rotatable bonds is 6. The number of anilines is 1. The van der Waals surface area contributed by atoms with Crippen LogP contribution in [-0.2, 0) is 11.3 Å². The van der Waals surface area contributed by atoms with Gasteiger partial charge in [-0.3, -0.25) is 0 Å². The maximum atomic E-state index is 5.47. The van der Waals surface area contributed by atoms with Crippen LogP contribution in [0.15, 0.2) is 18.3 Å².